The van der Waals surface area contributed by atoms with Crippen molar-refractivity contribution in [2.24, 2.45) is 0 Å². The highest BCUT2D eigenvalue weighted by atomic mass is 32.1. The van der Waals surface area contributed by atoms with E-state index in [-0.39, 0.29) is 17.6 Å². The van der Waals surface area contributed by atoms with Crippen LogP contribution in [0.5, 0.6) is 5.75 Å². The molecule has 0 aromatic heterocycles. The van der Waals surface area contributed by atoms with Crippen molar-refractivity contribution in [1.82, 2.24) is 5.32 Å². The van der Waals surface area contributed by atoms with E-state index in [1.54, 1.807) is 0 Å². The van der Waals surface area contributed by atoms with Crippen LogP contribution in [0.1, 0.15) is 19.4 Å². The number of rotatable bonds is 7. The molecular formula is C20H25N3O2S. The number of hydrogen-bond donors (Lipinski definition) is 2. The van der Waals surface area contributed by atoms with E-state index >= 15 is 0 Å². The molecule has 0 aliphatic heterocycles. The zero-order valence-electron chi connectivity index (χ0n) is 15.4. The van der Waals surface area contributed by atoms with Crippen molar-refractivity contribution >= 4 is 34.6 Å². The molecule has 2 rings (SSSR count). The molecule has 0 spiro atoms. The number of carbonyl (C=O) groups is 1. The molecule has 1 amide bonds. The summed E-state index contributed by atoms with van der Waals surface area (Å²) >= 11 is 5.18. The molecule has 2 aromatic rings. The number of nitrogens with one attached hydrogen (secondary N) is 2. The summed E-state index contributed by atoms with van der Waals surface area (Å²) in [5.74, 6) is 0.347. The number of thiocarbonyl (C=S) groups is 1. The van der Waals surface area contributed by atoms with Crippen LogP contribution >= 0.6 is 12.2 Å². The number of aryl methyl sites for hydroxylation is 1. The largest absolute Gasteiger partial charge is 0.484 e. The van der Waals surface area contributed by atoms with Crippen molar-refractivity contribution < 1.29 is 9.53 Å². The van der Waals surface area contributed by atoms with Gasteiger partial charge in [0.05, 0.1) is 0 Å². The molecule has 6 heteroatoms. The minimum Gasteiger partial charge on any atom is -0.484 e. The van der Waals surface area contributed by atoms with E-state index in [4.69, 9.17) is 17.0 Å². The molecule has 2 N–H and O–H groups in total. The minimum atomic E-state index is -0.303. The van der Waals surface area contributed by atoms with Crippen LogP contribution in [-0.4, -0.2) is 30.7 Å². The van der Waals surface area contributed by atoms with Crippen LogP contribution in [0.15, 0.2) is 48.5 Å². The van der Waals surface area contributed by atoms with Gasteiger partial charge in [0.25, 0.3) is 5.91 Å². The topological polar surface area (TPSA) is 53.6 Å². The van der Waals surface area contributed by atoms with Crippen molar-refractivity contribution in [3.63, 3.8) is 0 Å². The Kier molecular flexibility index (Phi) is 7.41. The van der Waals surface area contributed by atoms with Crippen molar-refractivity contribution in [2.75, 3.05) is 29.9 Å². The number of benzene rings is 2. The standard InChI is InChI=1S/C20H25N3O2S/c1-4-23(5-2)17-10-8-16(9-11-17)21-20(26)22-19(24)14-25-18-12-6-15(3)7-13-18/h6-13H,4-5,14H2,1-3H3,(H2,21,22,24,26). The Balaban J connectivity index is 1.80. The van der Waals surface area contributed by atoms with Gasteiger partial charge < -0.3 is 15.0 Å². The lowest BCUT2D eigenvalue weighted by Gasteiger charge is -2.21. The van der Waals surface area contributed by atoms with E-state index < -0.39 is 0 Å². The zero-order valence-corrected chi connectivity index (χ0v) is 16.2. The average Bonchev–Trinajstić information content (AvgIpc) is 2.63. The average molecular weight is 372 g/mol. The van der Waals surface area contributed by atoms with Crippen molar-refractivity contribution in [2.45, 2.75) is 20.8 Å². The smallest absolute Gasteiger partial charge is 0.264 e. The second-order valence-electron chi connectivity index (χ2n) is 5.82. The fraction of sp³-hybridized carbons (Fsp3) is 0.300. The van der Waals surface area contributed by atoms with Gasteiger partial charge in [0, 0.05) is 24.5 Å². The van der Waals surface area contributed by atoms with Gasteiger partial charge in [0.15, 0.2) is 11.7 Å². The van der Waals surface area contributed by atoms with E-state index in [1.165, 1.54) is 0 Å². The predicted octanol–water partition coefficient (Wildman–Crippen LogP) is 3.73. The van der Waals surface area contributed by atoms with Gasteiger partial charge in [-0.3, -0.25) is 10.1 Å². The normalized spacial score (nSPS) is 10.1. The summed E-state index contributed by atoms with van der Waals surface area (Å²) in [5.41, 5.74) is 3.12. The third-order valence-electron chi connectivity index (χ3n) is 3.90. The van der Waals surface area contributed by atoms with E-state index in [0.29, 0.717) is 5.75 Å². The Morgan fingerprint density at radius 1 is 1.04 bits per heavy atom. The van der Waals surface area contributed by atoms with Crippen LogP contribution in [0.3, 0.4) is 0 Å². The Morgan fingerprint density at radius 3 is 2.23 bits per heavy atom. The fourth-order valence-electron chi connectivity index (χ4n) is 2.45. The minimum absolute atomic E-state index is 0.0915. The fourth-order valence-corrected chi connectivity index (χ4v) is 2.68. The maximum atomic E-state index is 11.9. The number of nitrogens with zero attached hydrogens (tertiary/aromatic N) is 1. The molecular weight excluding hydrogens is 346 g/mol. The summed E-state index contributed by atoms with van der Waals surface area (Å²) in [7, 11) is 0. The number of hydrogen-bond acceptors (Lipinski definition) is 4. The highest BCUT2D eigenvalue weighted by Gasteiger charge is 2.07. The van der Waals surface area contributed by atoms with Crippen LogP contribution in [-0.2, 0) is 4.79 Å². The lowest BCUT2D eigenvalue weighted by Crippen LogP contribution is -2.37. The number of anilines is 2. The highest BCUT2D eigenvalue weighted by molar-refractivity contribution is 7.80. The van der Waals surface area contributed by atoms with Crippen molar-refractivity contribution in [3.05, 3.63) is 54.1 Å². The summed E-state index contributed by atoms with van der Waals surface area (Å²) in [5, 5.41) is 5.87. The van der Waals surface area contributed by atoms with Crippen molar-refractivity contribution in [3.8, 4) is 5.75 Å². The SMILES string of the molecule is CCN(CC)c1ccc(NC(=S)NC(=O)COc2ccc(C)cc2)cc1. The van der Waals surface area contributed by atoms with Gasteiger partial charge in [0.2, 0.25) is 0 Å². The first kappa shape index (κ1) is 19.7. The van der Waals surface area contributed by atoms with Gasteiger partial charge in [-0.1, -0.05) is 17.7 Å². The lowest BCUT2D eigenvalue weighted by molar-refractivity contribution is -0.121. The summed E-state index contributed by atoms with van der Waals surface area (Å²) < 4.78 is 5.44. The third kappa shape index (κ3) is 6.04. The summed E-state index contributed by atoms with van der Waals surface area (Å²) in [4.78, 5) is 14.2. The quantitative estimate of drug-likeness (QED) is 0.727. The maximum absolute atomic E-state index is 11.9. The van der Waals surface area contributed by atoms with Crippen LogP contribution in [0, 0.1) is 6.92 Å². The van der Waals surface area contributed by atoms with Crippen LogP contribution in [0.4, 0.5) is 11.4 Å². The van der Waals surface area contributed by atoms with Crippen molar-refractivity contribution in [1.29, 1.82) is 0 Å². The van der Waals surface area contributed by atoms with Gasteiger partial charge in [-0.15, -0.1) is 0 Å². The summed E-state index contributed by atoms with van der Waals surface area (Å²) in [6.07, 6.45) is 0. The van der Waals surface area contributed by atoms with Crippen LogP contribution in [0.2, 0.25) is 0 Å². The number of carbonyl (C=O) groups excluding carboxylic acids is 1. The lowest BCUT2D eigenvalue weighted by atomic mass is 10.2. The van der Waals surface area contributed by atoms with Gasteiger partial charge >= 0.3 is 0 Å². The molecule has 0 fully saturated rings. The molecule has 0 saturated carbocycles. The molecule has 5 nitrogen and oxygen atoms in total. The molecule has 0 aliphatic carbocycles. The van der Waals surface area contributed by atoms with E-state index in [0.717, 1.165) is 30.0 Å². The molecule has 0 heterocycles. The van der Waals surface area contributed by atoms with E-state index in [1.807, 2.05) is 55.5 Å². The molecule has 2 aromatic carbocycles. The number of ether oxygens (including phenoxy) is 1. The Labute approximate surface area is 160 Å². The van der Waals surface area contributed by atoms with Gasteiger partial charge in [0.1, 0.15) is 5.75 Å². The summed E-state index contributed by atoms with van der Waals surface area (Å²) in [6.45, 7) is 8.07. The zero-order chi connectivity index (χ0) is 18.9. The highest BCUT2D eigenvalue weighted by Crippen LogP contribution is 2.17. The second-order valence-corrected chi connectivity index (χ2v) is 6.23. The summed E-state index contributed by atoms with van der Waals surface area (Å²) in [6, 6.07) is 15.5. The number of amides is 1. The molecule has 0 aliphatic rings. The molecule has 0 bridgehead atoms. The van der Waals surface area contributed by atoms with Gasteiger partial charge in [-0.2, -0.15) is 0 Å². The maximum Gasteiger partial charge on any atom is 0.264 e. The van der Waals surface area contributed by atoms with Crippen LogP contribution in [0.25, 0.3) is 0 Å². The van der Waals surface area contributed by atoms with Gasteiger partial charge in [-0.05, 0) is 69.4 Å². The Hall–Kier alpha value is -2.60. The van der Waals surface area contributed by atoms with E-state index in [2.05, 4.69) is 29.4 Å². The first-order valence-corrected chi connectivity index (χ1v) is 9.08. The second kappa shape index (κ2) is 9.77. The third-order valence-corrected chi connectivity index (χ3v) is 4.10. The first-order valence-electron chi connectivity index (χ1n) is 8.67. The molecule has 0 radical (unpaired) electrons. The van der Waals surface area contributed by atoms with Gasteiger partial charge in [-0.25, -0.2) is 0 Å². The Bertz CT molecular complexity index is 726. The molecule has 0 saturated heterocycles. The molecule has 0 unspecified atom stereocenters. The van der Waals surface area contributed by atoms with Crippen LogP contribution < -0.4 is 20.3 Å². The Morgan fingerprint density at radius 2 is 1.65 bits per heavy atom. The van der Waals surface area contributed by atoms with E-state index in [9.17, 15) is 4.79 Å². The molecule has 138 valence electrons. The molecule has 0 atom stereocenters. The first-order chi connectivity index (χ1) is 12.5. The molecule has 26 heavy (non-hydrogen) atoms. The monoisotopic (exact) mass is 371 g/mol. The predicted molar refractivity (Wildman–Crippen MR) is 111 cm³/mol.